The maximum Gasteiger partial charge on any atom is 0.255 e. The minimum absolute atomic E-state index is 0.000886. The molecule has 37 heavy (non-hydrogen) atoms. The summed E-state index contributed by atoms with van der Waals surface area (Å²) in [5.74, 6) is -1.58. The first-order valence-corrected chi connectivity index (χ1v) is 12.4. The number of ether oxygens (including phenoxy) is 1. The molecule has 1 fully saturated rings. The van der Waals surface area contributed by atoms with Gasteiger partial charge in [0.25, 0.3) is 5.91 Å². The first-order valence-electron chi connectivity index (χ1n) is 12.0. The molecule has 1 saturated heterocycles. The van der Waals surface area contributed by atoms with Gasteiger partial charge in [0.1, 0.15) is 11.8 Å². The van der Waals surface area contributed by atoms with Crippen molar-refractivity contribution in [3.8, 4) is 5.75 Å². The van der Waals surface area contributed by atoms with E-state index >= 15 is 0 Å². The molecule has 1 unspecified atom stereocenters. The van der Waals surface area contributed by atoms with Gasteiger partial charge in [-0.1, -0.05) is 23.7 Å². The van der Waals surface area contributed by atoms with Crippen LogP contribution in [0.4, 0.5) is 5.69 Å². The number of imide groups is 1. The number of carbonyl (C=O) groups is 4. The number of aliphatic hydroxyl groups is 1. The number of halogens is 1. The summed E-state index contributed by atoms with van der Waals surface area (Å²) in [6.07, 6.45) is 1.68. The van der Waals surface area contributed by atoms with Crippen molar-refractivity contribution < 1.29 is 34.1 Å². The van der Waals surface area contributed by atoms with Gasteiger partial charge >= 0.3 is 0 Å². The van der Waals surface area contributed by atoms with Crippen LogP contribution in [-0.2, 0) is 38.5 Å². The predicted octanol–water partition coefficient (Wildman–Crippen LogP) is 1.93. The molecule has 2 aromatic carbocycles. The number of anilines is 1. The molecule has 0 radical (unpaired) electrons. The number of aromatic hydroxyl groups is 1. The Morgan fingerprint density at radius 2 is 2.00 bits per heavy atom. The van der Waals surface area contributed by atoms with Gasteiger partial charge < -0.3 is 25.2 Å². The van der Waals surface area contributed by atoms with Crippen molar-refractivity contribution in [3.05, 3.63) is 57.6 Å². The number of phenolic OH excluding ortho intramolecular Hbond substituents is 1. The van der Waals surface area contributed by atoms with Gasteiger partial charge in [-0.05, 0) is 54.2 Å². The Morgan fingerprint density at radius 1 is 1.19 bits per heavy atom. The van der Waals surface area contributed by atoms with Crippen LogP contribution >= 0.6 is 11.6 Å². The molecule has 2 aromatic rings. The van der Waals surface area contributed by atoms with Crippen LogP contribution in [0, 0.1) is 0 Å². The molecule has 4 amide bonds. The van der Waals surface area contributed by atoms with Crippen molar-refractivity contribution in [1.29, 1.82) is 0 Å². The molecular weight excluding hydrogens is 502 g/mol. The van der Waals surface area contributed by atoms with E-state index in [0.29, 0.717) is 46.7 Å². The number of nitrogens with one attached hydrogen (secondary N) is 2. The van der Waals surface area contributed by atoms with Crippen LogP contribution in [0.2, 0.25) is 5.02 Å². The number of aryl methyl sites for hydroxylation is 1. The largest absolute Gasteiger partial charge is 0.506 e. The van der Waals surface area contributed by atoms with Crippen LogP contribution in [0.3, 0.4) is 0 Å². The van der Waals surface area contributed by atoms with Crippen LogP contribution in [0.1, 0.15) is 46.3 Å². The molecule has 2 aliphatic heterocycles. The van der Waals surface area contributed by atoms with E-state index < -0.39 is 11.9 Å². The summed E-state index contributed by atoms with van der Waals surface area (Å²) in [5, 5.41) is 24.5. The van der Waals surface area contributed by atoms with Crippen LogP contribution in [0.5, 0.6) is 5.75 Å². The van der Waals surface area contributed by atoms with Crippen molar-refractivity contribution in [2.45, 2.75) is 44.7 Å². The first kappa shape index (κ1) is 26.6. The predicted molar refractivity (Wildman–Crippen MR) is 134 cm³/mol. The number of hydrogen-bond donors (Lipinski definition) is 4. The standard InChI is InChI=1S/C26H28ClN3O7/c27-19-13-20(22(32)12-16(19)2-1-8-37-9-7-31)28-24(34)11-15-3-4-18-17(10-15)14-30(26(18)36)21-5-6-23(33)29-25(21)35/h3-4,10,12-13,21,31-32H,1-2,5-9,11,14H2,(H,28,34)(H,29,33,35). The lowest BCUT2D eigenvalue weighted by Gasteiger charge is -2.29. The zero-order chi connectivity index (χ0) is 26.5. The summed E-state index contributed by atoms with van der Waals surface area (Å²) in [6, 6.07) is 7.38. The normalized spacial score (nSPS) is 17.1. The number of rotatable bonds is 10. The summed E-state index contributed by atoms with van der Waals surface area (Å²) >= 11 is 6.33. The second-order valence-electron chi connectivity index (χ2n) is 9.02. The second-order valence-corrected chi connectivity index (χ2v) is 9.42. The van der Waals surface area contributed by atoms with Crippen molar-refractivity contribution in [3.63, 3.8) is 0 Å². The number of nitrogens with zero attached hydrogens (tertiary/aromatic N) is 1. The SMILES string of the molecule is O=C1CCC(N2Cc3cc(CC(=O)Nc4cc(Cl)c(CCCOCCO)cc4O)ccc3C2=O)C(=O)N1. The average molecular weight is 530 g/mol. The van der Waals surface area contributed by atoms with Gasteiger partial charge in [-0.3, -0.25) is 24.5 Å². The Labute approximate surface area is 218 Å². The molecule has 0 spiro atoms. The van der Waals surface area contributed by atoms with E-state index in [-0.39, 0.29) is 68.2 Å². The van der Waals surface area contributed by atoms with E-state index in [1.54, 1.807) is 18.2 Å². The molecule has 0 aliphatic carbocycles. The zero-order valence-electron chi connectivity index (χ0n) is 20.1. The van der Waals surface area contributed by atoms with Crippen molar-refractivity contribution in [2.75, 3.05) is 25.1 Å². The average Bonchev–Trinajstić information content (AvgIpc) is 3.17. The van der Waals surface area contributed by atoms with Gasteiger partial charge in [0.05, 0.1) is 25.3 Å². The number of phenols is 1. The van der Waals surface area contributed by atoms with Gasteiger partial charge in [0.15, 0.2) is 0 Å². The molecule has 2 heterocycles. The fourth-order valence-corrected chi connectivity index (χ4v) is 4.80. The van der Waals surface area contributed by atoms with Gasteiger partial charge in [-0.15, -0.1) is 0 Å². The Balaban J connectivity index is 1.36. The highest BCUT2D eigenvalue weighted by molar-refractivity contribution is 6.31. The third-order valence-corrected chi connectivity index (χ3v) is 6.71. The molecule has 4 N–H and O–H groups in total. The second kappa shape index (κ2) is 11.7. The summed E-state index contributed by atoms with van der Waals surface area (Å²) in [6.45, 7) is 0.898. The maximum absolute atomic E-state index is 12.8. The highest BCUT2D eigenvalue weighted by Gasteiger charge is 2.39. The third kappa shape index (κ3) is 6.27. The van der Waals surface area contributed by atoms with Gasteiger partial charge in [-0.25, -0.2) is 0 Å². The number of hydrogen-bond acceptors (Lipinski definition) is 7. The van der Waals surface area contributed by atoms with Crippen LogP contribution in [0.25, 0.3) is 0 Å². The molecule has 11 heteroatoms. The summed E-state index contributed by atoms with van der Waals surface area (Å²) in [7, 11) is 0. The smallest absolute Gasteiger partial charge is 0.255 e. The van der Waals surface area contributed by atoms with E-state index in [1.165, 1.54) is 17.0 Å². The van der Waals surface area contributed by atoms with Gasteiger partial charge in [0, 0.05) is 30.2 Å². The maximum atomic E-state index is 12.8. The fourth-order valence-electron chi connectivity index (χ4n) is 4.55. The lowest BCUT2D eigenvalue weighted by atomic mass is 10.0. The van der Waals surface area contributed by atoms with Crippen LogP contribution in [0.15, 0.2) is 30.3 Å². The fraction of sp³-hybridized carbons (Fsp3) is 0.385. The first-order chi connectivity index (χ1) is 17.8. The van der Waals surface area contributed by atoms with Crippen molar-refractivity contribution in [1.82, 2.24) is 10.2 Å². The number of fused-ring (bicyclic) bond motifs is 1. The molecule has 196 valence electrons. The Hall–Kier alpha value is -3.47. The zero-order valence-corrected chi connectivity index (χ0v) is 20.8. The lowest BCUT2D eigenvalue weighted by Crippen LogP contribution is -2.52. The van der Waals surface area contributed by atoms with Crippen LogP contribution in [-0.4, -0.2) is 64.6 Å². The summed E-state index contributed by atoms with van der Waals surface area (Å²) in [5.41, 5.74) is 2.75. The molecule has 0 bridgehead atoms. The van der Waals surface area contributed by atoms with E-state index in [2.05, 4.69) is 10.6 Å². The molecule has 10 nitrogen and oxygen atoms in total. The number of aliphatic hydroxyl groups excluding tert-OH is 1. The van der Waals surface area contributed by atoms with E-state index in [9.17, 15) is 24.3 Å². The van der Waals surface area contributed by atoms with E-state index in [1.807, 2.05) is 0 Å². The van der Waals surface area contributed by atoms with E-state index in [4.69, 9.17) is 21.4 Å². The van der Waals surface area contributed by atoms with Gasteiger partial charge in [-0.2, -0.15) is 0 Å². The Bertz CT molecular complexity index is 1230. The van der Waals surface area contributed by atoms with Gasteiger partial charge in [0.2, 0.25) is 17.7 Å². The molecule has 0 saturated carbocycles. The van der Waals surface area contributed by atoms with Crippen LogP contribution < -0.4 is 10.6 Å². The highest BCUT2D eigenvalue weighted by Crippen LogP contribution is 2.32. The molecule has 1 atom stereocenters. The summed E-state index contributed by atoms with van der Waals surface area (Å²) in [4.78, 5) is 50.6. The quantitative estimate of drug-likeness (QED) is 0.209. The van der Waals surface area contributed by atoms with Crippen molar-refractivity contribution in [2.24, 2.45) is 0 Å². The molecular formula is C26H28ClN3O7. The third-order valence-electron chi connectivity index (χ3n) is 6.36. The monoisotopic (exact) mass is 529 g/mol. The molecule has 2 aliphatic rings. The number of amides is 4. The Kier molecular flexibility index (Phi) is 8.42. The van der Waals surface area contributed by atoms with Crippen molar-refractivity contribution >= 4 is 40.9 Å². The number of benzene rings is 2. The number of carbonyl (C=O) groups excluding carboxylic acids is 4. The molecule has 4 rings (SSSR count). The highest BCUT2D eigenvalue weighted by atomic mass is 35.5. The van der Waals surface area contributed by atoms with E-state index in [0.717, 1.165) is 0 Å². The molecule has 0 aromatic heterocycles. The Morgan fingerprint density at radius 3 is 2.76 bits per heavy atom. The lowest BCUT2D eigenvalue weighted by molar-refractivity contribution is -0.137. The summed E-state index contributed by atoms with van der Waals surface area (Å²) < 4.78 is 5.22. The minimum atomic E-state index is -0.701. The topological polar surface area (TPSA) is 145 Å². The number of piperidine rings is 1. The minimum Gasteiger partial charge on any atom is -0.506 e.